The molecule has 1 fully saturated rings. The van der Waals surface area contributed by atoms with E-state index in [1.54, 1.807) is 19.1 Å². The van der Waals surface area contributed by atoms with E-state index in [0.29, 0.717) is 24.7 Å². The van der Waals surface area contributed by atoms with Gasteiger partial charge in [0.15, 0.2) is 5.69 Å². The van der Waals surface area contributed by atoms with E-state index in [1.807, 2.05) is 42.5 Å². The minimum Gasteiger partial charge on any atom is -0.497 e. The zero-order valence-corrected chi connectivity index (χ0v) is 18.0. The van der Waals surface area contributed by atoms with Gasteiger partial charge in [-0.05, 0) is 17.7 Å². The third-order valence-corrected chi connectivity index (χ3v) is 5.53. The van der Waals surface area contributed by atoms with Gasteiger partial charge in [-0.3, -0.25) is 9.69 Å². The highest BCUT2D eigenvalue weighted by Gasteiger charge is 2.21. The first-order valence-corrected chi connectivity index (χ1v) is 10.5. The van der Waals surface area contributed by atoms with Crippen molar-refractivity contribution in [3.63, 3.8) is 0 Å². The van der Waals surface area contributed by atoms with E-state index in [9.17, 15) is 4.79 Å². The molecule has 0 atom stereocenters. The Bertz CT molecular complexity index is 997. The summed E-state index contributed by atoms with van der Waals surface area (Å²) in [5.74, 6) is 1.31. The summed E-state index contributed by atoms with van der Waals surface area (Å²) in [7, 11) is 3.47. The lowest BCUT2D eigenvalue weighted by atomic mass is 10.2. The molecule has 7 heteroatoms. The molecule has 31 heavy (non-hydrogen) atoms. The molecule has 3 aromatic rings. The summed E-state index contributed by atoms with van der Waals surface area (Å²) >= 11 is 0. The van der Waals surface area contributed by atoms with Gasteiger partial charge in [-0.15, -0.1) is 0 Å². The summed E-state index contributed by atoms with van der Waals surface area (Å²) in [6, 6.07) is 18.0. The number of ether oxygens (including phenoxy) is 1. The molecule has 0 radical (unpaired) electrons. The average molecular weight is 421 g/mol. The molecule has 1 saturated heterocycles. The molecule has 2 aromatic carbocycles. The van der Waals surface area contributed by atoms with Crippen molar-refractivity contribution < 1.29 is 13.9 Å². The fourth-order valence-electron chi connectivity index (χ4n) is 3.77. The second-order valence-electron chi connectivity index (χ2n) is 7.74. The Morgan fingerprint density at radius 3 is 2.61 bits per heavy atom. The van der Waals surface area contributed by atoms with Crippen LogP contribution in [0.5, 0.6) is 5.75 Å². The van der Waals surface area contributed by atoms with Crippen LogP contribution >= 0.6 is 0 Å². The van der Waals surface area contributed by atoms with Crippen LogP contribution in [-0.4, -0.2) is 61.0 Å². The number of carbonyl (C=O) groups is 1. The molecule has 1 amide bonds. The van der Waals surface area contributed by atoms with E-state index >= 15 is 0 Å². The molecule has 0 bridgehead atoms. The minimum absolute atomic E-state index is 0.137. The van der Waals surface area contributed by atoms with Crippen molar-refractivity contribution in [3.05, 3.63) is 78.0 Å². The number of rotatable bonds is 7. The van der Waals surface area contributed by atoms with E-state index < -0.39 is 0 Å². The molecule has 0 saturated carbocycles. The number of anilines is 1. The van der Waals surface area contributed by atoms with Gasteiger partial charge in [0.05, 0.1) is 13.7 Å². The topological polar surface area (TPSA) is 62.1 Å². The summed E-state index contributed by atoms with van der Waals surface area (Å²) in [5.41, 5.74) is 2.60. The lowest BCUT2D eigenvalue weighted by Crippen LogP contribution is -2.46. The summed E-state index contributed by atoms with van der Waals surface area (Å²) in [4.78, 5) is 23.4. The monoisotopic (exact) mass is 420 g/mol. The van der Waals surface area contributed by atoms with E-state index in [4.69, 9.17) is 9.15 Å². The number of methoxy groups -OCH3 is 1. The highest BCUT2D eigenvalue weighted by atomic mass is 16.5. The number of piperazine rings is 1. The number of amides is 1. The summed E-state index contributed by atoms with van der Waals surface area (Å²) in [6.45, 7) is 4.77. The molecule has 1 aliphatic heterocycles. The number of aromatic nitrogens is 1. The maximum atomic E-state index is 12.7. The predicted octanol–water partition coefficient (Wildman–Crippen LogP) is 3.28. The Kier molecular flexibility index (Phi) is 6.52. The third kappa shape index (κ3) is 5.24. The van der Waals surface area contributed by atoms with Gasteiger partial charge in [0.25, 0.3) is 5.91 Å². The summed E-state index contributed by atoms with van der Waals surface area (Å²) < 4.78 is 10.9. The largest absolute Gasteiger partial charge is 0.497 e. The van der Waals surface area contributed by atoms with E-state index in [-0.39, 0.29) is 5.91 Å². The molecule has 0 aliphatic carbocycles. The van der Waals surface area contributed by atoms with Crippen LogP contribution in [0.1, 0.15) is 21.9 Å². The van der Waals surface area contributed by atoms with Crippen LogP contribution in [0.4, 0.5) is 5.69 Å². The normalized spacial score (nSPS) is 14.5. The van der Waals surface area contributed by atoms with Crippen molar-refractivity contribution in [1.82, 2.24) is 14.8 Å². The van der Waals surface area contributed by atoms with Crippen LogP contribution in [-0.2, 0) is 13.1 Å². The maximum Gasteiger partial charge on any atom is 0.275 e. The average Bonchev–Trinajstić information content (AvgIpc) is 3.28. The van der Waals surface area contributed by atoms with Gasteiger partial charge in [0.1, 0.15) is 12.0 Å². The molecule has 7 nitrogen and oxygen atoms in total. The molecule has 4 rings (SSSR count). The highest BCUT2D eigenvalue weighted by Crippen LogP contribution is 2.22. The zero-order valence-electron chi connectivity index (χ0n) is 18.0. The number of carbonyl (C=O) groups excluding carboxylic acids is 1. The number of oxazole rings is 1. The Hall–Kier alpha value is -3.32. The second-order valence-corrected chi connectivity index (χ2v) is 7.74. The Morgan fingerprint density at radius 2 is 1.87 bits per heavy atom. The Morgan fingerprint density at radius 1 is 1.10 bits per heavy atom. The fraction of sp³-hybridized carbons (Fsp3) is 0.333. The first-order chi connectivity index (χ1) is 15.1. The number of hydrogen-bond acceptors (Lipinski definition) is 6. The quantitative estimate of drug-likeness (QED) is 0.585. The lowest BCUT2D eigenvalue weighted by molar-refractivity contribution is 0.0779. The molecule has 0 unspecified atom stereocenters. The zero-order chi connectivity index (χ0) is 21.6. The van der Waals surface area contributed by atoms with Crippen LogP contribution in [0.3, 0.4) is 0 Å². The van der Waals surface area contributed by atoms with Crippen LogP contribution in [0, 0.1) is 0 Å². The van der Waals surface area contributed by atoms with Crippen molar-refractivity contribution in [2.45, 2.75) is 13.1 Å². The first kappa shape index (κ1) is 20.9. The van der Waals surface area contributed by atoms with Crippen molar-refractivity contribution in [3.8, 4) is 5.75 Å². The van der Waals surface area contributed by atoms with Gasteiger partial charge in [-0.25, -0.2) is 4.98 Å². The number of benzene rings is 2. The molecule has 0 spiro atoms. The molecular weight excluding hydrogens is 392 g/mol. The van der Waals surface area contributed by atoms with Crippen molar-refractivity contribution in [2.75, 3.05) is 45.2 Å². The van der Waals surface area contributed by atoms with Crippen molar-refractivity contribution >= 4 is 11.6 Å². The van der Waals surface area contributed by atoms with Crippen LogP contribution < -0.4 is 9.64 Å². The maximum absolute atomic E-state index is 12.7. The highest BCUT2D eigenvalue weighted by molar-refractivity contribution is 5.91. The molecular formula is C24H28N4O3. The fourth-order valence-corrected chi connectivity index (χ4v) is 3.77. The second kappa shape index (κ2) is 9.66. The van der Waals surface area contributed by atoms with E-state index in [1.165, 1.54) is 12.0 Å². The predicted molar refractivity (Wildman–Crippen MR) is 119 cm³/mol. The van der Waals surface area contributed by atoms with Crippen molar-refractivity contribution in [2.24, 2.45) is 0 Å². The minimum atomic E-state index is -0.137. The van der Waals surface area contributed by atoms with E-state index in [0.717, 1.165) is 37.5 Å². The Labute approximate surface area is 182 Å². The molecule has 1 aromatic heterocycles. The molecule has 162 valence electrons. The Balaban J connectivity index is 1.29. The van der Waals surface area contributed by atoms with Crippen LogP contribution in [0.25, 0.3) is 0 Å². The van der Waals surface area contributed by atoms with Crippen LogP contribution in [0.2, 0.25) is 0 Å². The summed E-state index contributed by atoms with van der Waals surface area (Å²) in [6.07, 6.45) is 1.46. The van der Waals surface area contributed by atoms with Gasteiger partial charge in [-0.1, -0.05) is 36.4 Å². The SMILES string of the molecule is COc1cccc(N2CCN(Cc3nc(C(=O)N(C)Cc4ccccc4)co3)CC2)c1. The van der Waals surface area contributed by atoms with Gasteiger partial charge in [0.2, 0.25) is 5.89 Å². The van der Waals surface area contributed by atoms with Gasteiger partial charge < -0.3 is 19.0 Å². The molecule has 2 heterocycles. The van der Waals surface area contributed by atoms with Crippen LogP contribution in [0.15, 0.2) is 65.3 Å². The lowest BCUT2D eigenvalue weighted by Gasteiger charge is -2.35. The van der Waals surface area contributed by atoms with Gasteiger partial charge >= 0.3 is 0 Å². The molecule has 0 N–H and O–H groups in total. The summed E-state index contributed by atoms with van der Waals surface area (Å²) in [5, 5.41) is 0. The first-order valence-electron chi connectivity index (χ1n) is 10.5. The number of hydrogen-bond donors (Lipinski definition) is 0. The van der Waals surface area contributed by atoms with Crippen molar-refractivity contribution in [1.29, 1.82) is 0 Å². The smallest absolute Gasteiger partial charge is 0.275 e. The van der Waals surface area contributed by atoms with Gasteiger partial charge in [-0.2, -0.15) is 0 Å². The number of nitrogens with zero attached hydrogens (tertiary/aromatic N) is 4. The standard InChI is InChI=1S/C24H28N4O3/c1-26(16-19-7-4-3-5-8-19)24(29)22-18-31-23(25-22)17-27-11-13-28(14-12-27)20-9-6-10-21(15-20)30-2/h3-10,15,18H,11-14,16-17H2,1-2H3. The third-order valence-electron chi connectivity index (χ3n) is 5.53. The van der Waals surface area contributed by atoms with E-state index in [2.05, 4.69) is 26.9 Å². The van der Waals surface area contributed by atoms with Gasteiger partial charge in [0, 0.05) is 51.5 Å². The molecule has 1 aliphatic rings.